The number of benzene rings is 2. The van der Waals surface area contributed by atoms with Crippen LogP contribution < -0.4 is 0 Å². The summed E-state index contributed by atoms with van der Waals surface area (Å²) >= 11 is 24.6. The lowest BCUT2D eigenvalue weighted by atomic mass is 9.98. The van der Waals surface area contributed by atoms with Crippen LogP contribution in [-0.2, 0) is 9.68 Å². The van der Waals surface area contributed by atoms with Crippen molar-refractivity contribution in [1.29, 1.82) is 0 Å². The number of carbonyl (C=O) groups excluding carboxylic acids is 1. The molecule has 10 heteroatoms. The lowest BCUT2D eigenvalue weighted by molar-refractivity contribution is 0.0102. The predicted octanol–water partition coefficient (Wildman–Crippen LogP) is 6.96. The van der Waals surface area contributed by atoms with E-state index in [0.717, 1.165) is 38.3 Å². The van der Waals surface area contributed by atoms with Gasteiger partial charge in [0.1, 0.15) is 0 Å². The van der Waals surface area contributed by atoms with Crippen LogP contribution in [-0.4, -0.2) is 32.0 Å². The van der Waals surface area contributed by atoms with E-state index in [4.69, 9.17) is 56.1 Å². The third kappa shape index (κ3) is 5.40. The van der Waals surface area contributed by atoms with E-state index >= 15 is 0 Å². The van der Waals surface area contributed by atoms with Crippen molar-refractivity contribution >= 4 is 63.5 Å². The first-order chi connectivity index (χ1) is 15.3. The van der Waals surface area contributed by atoms with Crippen molar-refractivity contribution in [3.8, 4) is 0 Å². The van der Waals surface area contributed by atoms with Crippen molar-refractivity contribution in [3.05, 3.63) is 68.8 Å². The fourth-order valence-electron chi connectivity index (χ4n) is 4.06. The number of hydrogen-bond donors (Lipinski definition) is 0. The summed E-state index contributed by atoms with van der Waals surface area (Å²) in [5, 5.41) is 7.90. The Hall–Kier alpha value is -1.99. The summed E-state index contributed by atoms with van der Waals surface area (Å²) in [7, 11) is 0. The Morgan fingerprint density at radius 1 is 0.970 bits per heavy atom. The van der Waals surface area contributed by atoms with Crippen LogP contribution >= 0.6 is 46.4 Å². The molecule has 2 aromatic rings. The molecule has 1 heterocycles. The van der Waals surface area contributed by atoms with Crippen LogP contribution in [0.1, 0.15) is 44.5 Å². The molecule has 1 atom stereocenters. The van der Waals surface area contributed by atoms with Crippen molar-refractivity contribution in [2.75, 3.05) is 0 Å². The number of nitrogens with zero attached hydrogens (tertiary/aromatic N) is 3. The molecule has 0 unspecified atom stereocenters. The molecule has 0 fully saturated rings. The second-order valence-electron chi connectivity index (χ2n) is 8.07. The maximum atomic E-state index is 13.1. The summed E-state index contributed by atoms with van der Waals surface area (Å²) in [5.41, 5.74) is 7.00. The Bertz CT molecular complexity index is 1130. The smallest absolute Gasteiger partial charge is 0.363 e. The summed E-state index contributed by atoms with van der Waals surface area (Å²) in [6, 6.07) is 7.83. The minimum Gasteiger partial charge on any atom is -0.363 e. The van der Waals surface area contributed by atoms with Gasteiger partial charge >= 0.3 is 6.09 Å². The van der Waals surface area contributed by atoms with Crippen molar-refractivity contribution in [1.82, 2.24) is 4.90 Å². The van der Waals surface area contributed by atoms with E-state index in [0.29, 0.717) is 11.1 Å². The SMILES string of the molecule is Cc1cc(C)c(C2=NO[C@H](C(Cl)(Cl)Cl)N2C(=O)O/N=C(/Cl)c2c(C)cc(C)cc2C)c(C)c1. The molecule has 1 aliphatic heterocycles. The zero-order valence-corrected chi connectivity index (χ0v) is 22.0. The van der Waals surface area contributed by atoms with Gasteiger partial charge in [0.25, 0.3) is 6.23 Å². The molecule has 1 aliphatic rings. The van der Waals surface area contributed by atoms with Crippen LogP contribution in [0.4, 0.5) is 4.79 Å². The van der Waals surface area contributed by atoms with E-state index < -0.39 is 16.1 Å². The Morgan fingerprint density at radius 2 is 1.45 bits per heavy atom. The molecule has 0 saturated carbocycles. The molecule has 0 saturated heterocycles. The van der Waals surface area contributed by atoms with Gasteiger partial charge in [0.2, 0.25) is 3.79 Å². The Labute approximate surface area is 213 Å². The quantitative estimate of drug-likeness (QED) is 0.186. The molecule has 0 N–H and O–H groups in total. The van der Waals surface area contributed by atoms with Gasteiger partial charge in [0.05, 0.1) is 0 Å². The van der Waals surface area contributed by atoms with Crippen molar-refractivity contribution in [3.63, 3.8) is 0 Å². The lowest BCUT2D eigenvalue weighted by Crippen LogP contribution is -2.48. The van der Waals surface area contributed by atoms with E-state index in [9.17, 15) is 4.79 Å². The molecular formula is C23H23Cl4N3O3. The molecule has 0 radical (unpaired) electrons. The van der Waals surface area contributed by atoms with Gasteiger partial charge < -0.3 is 4.84 Å². The highest BCUT2D eigenvalue weighted by molar-refractivity contribution is 6.70. The van der Waals surface area contributed by atoms with E-state index in [-0.39, 0.29) is 11.0 Å². The molecule has 1 amide bonds. The van der Waals surface area contributed by atoms with Gasteiger partial charge in [0.15, 0.2) is 11.0 Å². The second kappa shape index (κ2) is 9.71. The average Bonchev–Trinajstić information content (AvgIpc) is 3.09. The monoisotopic (exact) mass is 529 g/mol. The second-order valence-corrected chi connectivity index (χ2v) is 10.8. The maximum Gasteiger partial charge on any atom is 0.445 e. The van der Waals surface area contributed by atoms with Gasteiger partial charge in [-0.25, -0.2) is 9.69 Å². The average molecular weight is 531 g/mol. The molecular weight excluding hydrogens is 508 g/mol. The summed E-state index contributed by atoms with van der Waals surface area (Å²) in [6.07, 6.45) is -2.32. The number of aryl methyl sites for hydroxylation is 6. The van der Waals surface area contributed by atoms with Gasteiger partial charge in [-0.2, -0.15) is 0 Å². The minimum absolute atomic E-state index is 0.0186. The van der Waals surface area contributed by atoms with Crippen LogP contribution in [0.25, 0.3) is 0 Å². The zero-order valence-electron chi connectivity index (χ0n) is 19.0. The van der Waals surface area contributed by atoms with E-state index in [1.165, 1.54) is 0 Å². The largest absolute Gasteiger partial charge is 0.445 e. The van der Waals surface area contributed by atoms with Gasteiger partial charge in [-0.05, 0) is 63.8 Å². The maximum absolute atomic E-state index is 13.1. The molecule has 3 rings (SSSR count). The zero-order chi connectivity index (χ0) is 24.7. The number of rotatable bonds is 3. The summed E-state index contributed by atoms with van der Waals surface area (Å²) in [4.78, 5) is 24.7. The topological polar surface area (TPSA) is 63.5 Å². The Kier molecular flexibility index (Phi) is 7.54. The number of amides is 1. The van der Waals surface area contributed by atoms with Crippen molar-refractivity contribution in [2.45, 2.75) is 51.6 Å². The number of carbonyl (C=O) groups is 1. The van der Waals surface area contributed by atoms with Crippen molar-refractivity contribution in [2.24, 2.45) is 10.3 Å². The number of halogens is 4. The molecule has 0 bridgehead atoms. The molecule has 176 valence electrons. The first kappa shape index (κ1) is 25.6. The standard InChI is InChI=1S/C23H23Cl4N3O3/c1-11-7-13(3)17(14(4)8-11)19(24)28-33-22(31)30-20(29-32-21(30)23(25,26)27)18-15(5)9-12(2)10-16(18)6/h7-10,21H,1-6H3/b28-19+/t21-/m1/s1. The van der Waals surface area contributed by atoms with Crippen LogP contribution in [0.15, 0.2) is 34.6 Å². The van der Waals surface area contributed by atoms with Gasteiger partial charge in [-0.1, -0.05) is 92.1 Å². The van der Waals surface area contributed by atoms with E-state index in [2.05, 4.69) is 10.3 Å². The molecule has 33 heavy (non-hydrogen) atoms. The third-order valence-corrected chi connectivity index (χ3v) is 5.98. The summed E-state index contributed by atoms with van der Waals surface area (Å²) in [6.45, 7) is 11.5. The number of oxime groups is 2. The highest BCUT2D eigenvalue weighted by Gasteiger charge is 2.50. The van der Waals surface area contributed by atoms with E-state index in [1.54, 1.807) is 0 Å². The van der Waals surface area contributed by atoms with Crippen LogP contribution in [0.2, 0.25) is 0 Å². The fourth-order valence-corrected chi connectivity index (χ4v) is 4.81. The van der Waals surface area contributed by atoms with Crippen LogP contribution in [0.3, 0.4) is 0 Å². The Balaban J connectivity index is 1.97. The molecule has 0 aliphatic carbocycles. The van der Waals surface area contributed by atoms with Crippen LogP contribution in [0, 0.1) is 41.5 Å². The summed E-state index contributed by atoms with van der Waals surface area (Å²) < 4.78 is -2.01. The Morgan fingerprint density at radius 3 is 1.94 bits per heavy atom. The fraction of sp³-hybridized carbons (Fsp3) is 0.348. The first-order valence-corrected chi connectivity index (χ1v) is 11.5. The summed E-state index contributed by atoms with van der Waals surface area (Å²) in [5.74, 6) is 0.153. The third-order valence-electron chi connectivity index (χ3n) is 5.17. The first-order valence-electron chi connectivity index (χ1n) is 10.0. The lowest BCUT2D eigenvalue weighted by Gasteiger charge is -2.27. The number of alkyl halides is 3. The minimum atomic E-state index is -2.01. The molecule has 0 aromatic heterocycles. The number of hydrogen-bond acceptors (Lipinski definition) is 5. The number of amidine groups is 1. The molecule has 2 aromatic carbocycles. The van der Waals surface area contributed by atoms with Gasteiger partial charge in [-0.3, -0.25) is 4.84 Å². The van der Waals surface area contributed by atoms with Gasteiger partial charge in [0, 0.05) is 11.1 Å². The normalized spacial score (nSPS) is 16.5. The van der Waals surface area contributed by atoms with Crippen LogP contribution in [0.5, 0.6) is 0 Å². The van der Waals surface area contributed by atoms with E-state index in [1.807, 2.05) is 65.8 Å². The predicted molar refractivity (Wildman–Crippen MR) is 134 cm³/mol. The highest BCUT2D eigenvalue weighted by Crippen LogP contribution is 2.39. The highest BCUT2D eigenvalue weighted by atomic mass is 35.6. The molecule has 6 nitrogen and oxygen atoms in total. The van der Waals surface area contributed by atoms with Gasteiger partial charge in [-0.15, -0.1) is 0 Å². The molecule has 0 spiro atoms. The van der Waals surface area contributed by atoms with Crippen molar-refractivity contribution < 1.29 is 14.5 Å².